The smallest absolute Gasteiger partial charge is 0.227 e. The first kappa shape index (κ1) is 11.0. The highest BCUT2D eigenvalue weighted by Crippen LogP contribution is 2.18. The van der Waals surface area contributed by atoms with Crippen molar-refractivity contribution in [2.24, 2.45) is 5.92 Å². The normalized spacial score (nSPS) is 20.1. The molecule has 86 valence electrons. The lowest BCUT2D eigenvalue weighted by Crippen LogP contribution is -2.30. The number of likely N-dealkylation sites (tertiary alicyclic amines) is 1. The van der Waals surface area contributed by atoms with Gasteiger partial charge < -0.3 is 10.6 Å². The number of rotatable bonds is 2. The lowest BCUT2D eigenvalue weighted by molar-refractivity contribution is -0.129. The van der Waals surface area contributed by atoms with Crippen LogP contribution in [0.2, 0.25) is 0 Å². The molecule has 0 spiro atoms. The molecular weight excluding hydrogens is 200 g/mol. The number of nitrogens with two attached hydrogens (primary N) is 1. The summed E-state index contributed by atoms with van der Waals surface area (Å²) in [5.41, 5.74) is 7.47. The quantitative estimate of drug-likeness (QED) is 0.768. The first-order valence-electron chi connectivity index (χ1n) is 5.78. The molecule has 1 atom stereocenters. The van der Waals surface area contributed by atoms with Crippen molar-refractivity contribution in [1.82, 2.24) is 4.90 Å². The third kappa shape index (κ3) is 2.35. The second-order valence-electron chi connectivity index (χ2n) is 4.61. The van der Waals surface area contributed by atoms with Gasteiger partial charge in [0.25, 0.3) is 0 Å². The summed E-state index contributed by atoms with van der Waals surface area (Å²) in [6.45, 7) is 3.97. The van der Waals surface area contributed by atoms with Crippen molar-refractivity contribution in [2.45, 2.75) is 19.8 Å². The van der Waals surface area contributed by atoms with E-state index in [-0.39, 0.29) is 5.91 Å². The molecular formula is C13H18N2O. The maximum Gasteiger partial charge on any atom is 0.227 e. The van der Waals surface area contributed by atoms with E-state index in [0.717, 1.165) is 25.1 Å². The van der Waals surface area contributed by atoms with Crippen LogP contribution in [0.3, 0.4) is 0 Å². The maximum atomic E-state index is 12.0. The van der Waals surface area contributed by atoms with Crippen LogP contribution in [0.15, 0.2) is 24.3 Å². The molecule has 0 saturated carbocycles. The van der Waals surface area contributed by atoms with E-state index in [1.54, 1.807) is 0 Å². The van der Waals surface area contributed by atoms with Crippen molar-refractivity contribution in [1.29, 1.82) is 0 Å². The van der Waals surface area contributed by atoms with E-state index in [2.05, 4.69) is 6.92 Å². The molecule has 0 bridgehead atoms. The van der Waals surface area contributed by atoms with Crippen LogP contribution in [-0.4, -0.2) is 23.9 Å². The molecule has 1 fully saturated rings. The Morgan fingerprint density at radius 3 is 2.88 bits per heavy atom. The fourth-order valence-corrected chi connectivity index (χ4v) is 2.13. The van der Waals surface area contributed by atoms with Crippen LogP contribution in [-0.2, 0) is 11.2 Å². The molecule has 1 aromatic carbocycles. The summed E-state index contributed by atoms with van der Waals surface area (Å²) in [5, 5.41) is 0. The fourth-order valence-electron chi connectivity index (χ4n) is 2.13. The molecule has 16 heavy (non-hydrogen) atoms. The van der Waals surface area contributed by atoms with E-state index in [9.17, 15) is 4.79 Å². The van der Waals surface area contributed by atoms with E-state index >= 15 is 0 Å². The van der Waals surface area contributed by atoms with Gasteiger partial charge in [-0.3, -0.25) is 4.79 Å². The van der Waals surface area contributed by atoms with Crippen molar-refractivity contribution < 1.29 is 4.79 Å². The Morgan fingerprint density at radius 1 is 1.50 bits per heavy atom. The Labute approximate surface area is 96.2 Å². The third-order valence-electron chi connectivity index (χ3n) is 3.17. The Bertz CT molecular complexity index is 389. The fraction of sp³-hybridized carbons (Fsp3) is 0.462. The van der Waals surface area contributed by atoms with E-state index in [1.807, 2.05) is 29.2 Å². The standard InChI is InChI=1S/C13H18N2O/c1-10-6-7-15(9-10)13(16)8-11-4-2-3-5-12(11)14/h2-5,10H,6-9,14H2,1H3. The zero-order chi connectivity index (χ0) is 11.5. The Morgan fingerprint density at radius 2 is 2.25 bits per heavy atom. The minimum Gasteiger partial charge on any atom is -0.398 e. The molecule has 0 radical (unpaired) electrons. The van der Waals surface area contributed by atoms with Crippen LogP contribution in [0.5, 0.6) is 0 Å². The van der Waals surface area contributed by atoms with Crippen LogP contribution < -0.4 is 5.73 Å². The van der Waals surface area contributed by atoms with Crippen LogP contribution in [0.25, 0.3) is 0 Å². The van der Waals surface area contributed by atoms with Crippen molar-refractivity contribution in [3.05, 3.63) is 29.8 Å². The summed E-state index contributed by atoms with van der Waals surface area (Å²) in [7, 11) is 0. The van der Waals surface area contributed by atoms with Crippen molar-refractivity contribution in [3.8, 4) is 0 Å². The highest BCUT2D eigenvalue weighted by atomic mass is 16.2. The number of carbonyl (C=O) groups is 1. The number of nitrogens with zero attached hydrogens (tertiary/aromatic N) is 1. The first-order valence-corrected chi connectivity index (χ1v) is 5.78. The molecule has 1 unspecified atom stereocenters. The monoisotopic (exact) mass is 218 g/mol. The number of nitrogen functional groups attached to an aromatic ring is 1. The second-order valence-corrected chi connectivity index (χ2v) is 4.61. The SMILES string of the molecule is CC1CCN(C(=O)Cc2ccccc2N)C1. The Hall–Kier alpha value is -1.51. The average Bonchev–Trinajstić information content (AvgIpc) is 2.68. The highest BCUT2D eigenvalue weighted by molar-refractivity contribution is 5.80. The van der Waals surface area contributed by atoms with Gasteiger partial charge in [0, 0.05) is 18.8 Å². The number of carbonyl (C=O) groups excluding carboxylic acids is 1. The van der Waals surface area contributed by atoms with Gasteiger partial charge in [-0.1, -0.05) is 25.1 Å². The maximum absolute atomic E-state index is 12.0. The zero-order valence-electron chi connectivity index (χ0n) is 9.65. The summed E-state index contributed by atoms with van der Waals surface area (Å²) >= 11 is 0. The molecule has 1 heterocycles. The molecule has 0 aliphatic carbocycles. The van der Waals surface area contributed by atoms with Crippen molar-refractivity contribution in [2.75, 3.05) is 18.8 Å². The molecule has 2 N–H and O–H groups in total. The van der Waals surface area contributed by atoms with Gasteiger partial charge in [0.05, 0.1) is 6.42 Å². The first-order chi connectivity index (χ1) is 7.66. The third-order valence-corrected chi connectivity index (χ3v) is 3.17. The Balaban J connectivity index is 2.00. The van der Waals surface area contributed by atoms with Gasteiger partial charge in [0.1, 0.15) is 0 Å². The van der Waals surface area contributed by atoms with Crippen LogP contribution in [0.4, 0.5) is 5.69 Å². The zero-order valence-corrected chi connectivity index (χ0v) is 9.65. The number of hydrogen-bond donors (Lipinski definition) is 1. The summed E-state index contributed by atoms with van der Waals surface area (Å²) in [5.74, 6) is 0.833. The summed E-state index contributed by atoms with van der Waals surface area (Å²) in [6, 6.07) is 7.58. The molecule has 1 aliphatic rings. The summed E-state index contributed by atoms with van der Waals surface area (Å²) in [6.07, 6.45) is 1.55. The van der Waals surface area contributed by atoms with Crippen LogP contribution >= 0.6 is 0 Å². The number of anilines is 1. The van der Waals surface area contributed by atoms with Crippen LogP contribution in [0.1, 0.15) is 18.9 Å². The molecule has 1 amide bonds. The van der Waals surface area contributed by atoms with Gasteiger partial charge in [-0.2, -0.15) is 0 Å². The van der Waals surface area contributed by atoms with Crippen LogP contribution in [0, 0.1) is 5.92 Å². The minimum absolute atomic E-state index is 0.197. The van der Waals surface area contributed by atoms with Gasteiger partial charge in [0.2, 0.25) is 5.91 Å². The highest BCUT2D eigenvalue weighted by Gasteiger charge is 2.23. The molecule has 1 aromatic rings. The van der Waals surface area contributed by atoms with Gasteiger partial charge >= 0.3 is 0 Å². The largest absolute Gasteiger partial charge is 0.398 e. The molecule has 2 rings (SSSR count). The van der Waals surface area contributed by atoms with E-state index < -0.39 is 0 Å². The van der Waals surface area contributed by atoms with Crippen molar-refractivity contribution in [3.63, 3.8) is 0 Å². The van der Waals surface area contributed by atoms with E-state index in [0.29, 0.717) is 18.0 Å². The summed E-state index contributed by atoms with van der Waals surface area (Å²) < 4.78 is 0. The lowest BCUT2D eigenvalue weighted by Gasteiger charge is -2.16. The molecule has 3 nitrogen and oxygen atoms in total. The molecule has 0 aromatic heterocycles. The van der Waals surface area contributed by atoms with Crippen molar-refractivity contribution >= 4 is 11.6 Å². The number of benzene rings is 1. The van der Waals surface area contributed by atoms with E-state index in [4.69, 9.17) is 5.73 Å². The van der Waals surface area contributed by atoms with Gasteiger partial charge in [-0.25, -0.2) is 0 Å². The average molecular weight is 218 g/mol. The van der Waals surface area contributed by atoms with Gasteiger partial charge in [0.15, 0.2) is 0 Å². The number of para-hydroxylation sites is 1. The molecule has 1 aliphatic heterocycles. The lowest BCUT2D eigenvalue weighted by atomic mass is 10.1. The van der Waals surface area contributed by atoms with Gasteiger partial charge in [-0.15, -0.1) is 0 Å². The number of hydrogen-bond acceptors (Lipinski definition) is 2. The van der Waals surface area contributed by atoms with E-state index in [1.165, 1.54) is 0 Å². The molecule has 3 heteroatoms. The second kappa shape index (κ2) is 4.56. The Kier molecular flexibility index (Phi) is 3.13. The molecule has 1 saturated heterocycles. The predicted octanol–water partition coefficient (Wildman–Crippen LogP) is 1.68. The number of amides is 1. The minimum atomic E-state index is 0.197. The summed E-state index contributed by atoms with van der Waals surface area (Å²) in [4.78, 5) is 13.9. The topological polar surface area (TPSA) is 46.3 Å². The van der Waals surface area contributed by atoms with Gasteiger partial charge in [-0.05, 0) is 24.0 Å². The predicted molar refractivity (Wildman–Crippen MR) is 64.9 cm³/mol.